The van der Waals surface area contributed by atoms with Crippen LogP contribution in [-0.2, 0) is 5.54 Å². The molecule has 1 spiro atoms. The second-order valence-corrected chi connectivity index (χ2v) is 8.97. The third-order valence-electron chi connectivity index (χ3n) is 7.20. The topological polar surface area (TPSA) is 33.5 Å². The van der Waals surface area contributed by atoms with Gasteiger partial charge in [-0.25, -0.2) is 0 Å². The van der Waals surface area contributed by atoms with E-state index in [2.05, 4.69) is 65.2 Å². The molecule has 0 atom stereocenters. The third kappa shape index (κ3) is 3.17. The van der Waals surface area contributed by atoms with Crippen molar-refractivity contribution in [2.75, 3.05) is 40.4 Å². The second kappa shape index (κ2) is 6.96. The molecule has 1 heterocycles. The first-order valence-corrected chi connectivity index (χ1v) is 10.2. The molecule has 0 N–H and O–H groups in total. The van der Waals surface area contributed by atoms with Gasteiger partial charge in [0.1, 0.15) is 0 Å². The summed E-state index contributed by atoms with van der Waals surface area (Å²) in [4.78, 5) is 7.56. The van der Waals surface area contributed by atoms with Crippen LogP contribution in [0.3, 0.4) is 0 Å². The molecule has 0 radical (unpaired) electrons. The molecule has 1 aromatic rings. The van der Waals surface area contributed by atoms with Crippen LogP contribution in [0, 0.1) is 17.2 Å². The van der Waals surface area contributed by atoms with Crippen LogP contribution >= 0.6 is 0 Å². The Hall–Kier alpha value is -1.41. The van der Waals surface area contributed by atoms with E-state index < -0.39 is 0 Å². The van der Waals surface area contributed by atoms with Crippen LogP contribution in [-0.4, -0.2) is 60.6 Å². The molecule has 26 heavy (non-hydrogen) atoms. The Labute approximate surface area is 158 Å². The predicted molar refractivity (Wildman–Crippen MR) is 104 cm³/mol. The van der Waals surface area contributed by atoms with Gasteiger partial charge < -0.3 is 0 Å². The summed E-state index contributed by atoms with van der Waals surface area (Å²) in [5.74, 6) is 0.906. The van der Waals surface area contributed by atoms with E-state index >= 15 is 0 Å². The molecule has 0 amide bonds. The Balaban J connectivity index is 1.55. The summed E-state index contributed by atoms with van der Waals surface area (Å²) in [5, 5.41) is 9.18. The molecule has 140 valence electrons. The van der Waals surface area contributed by atoms with E-state index in [0.717, 1.165) is 19.1 Å². The van der Waals surface area contributed by atoms with Crippen molar-refractivity contribution in [1.82, 2.24) is 14.7 Å². The van der Waals surface area contributed by atoms with Gasteiger partial charge in [-0.2, -0.15) is 5.26 Å². The van der Waals surface area contributed by atoms with Gasteiger partial charge in [-0.1, -0.05) is 30.3 Å². The highest BCUT2D eigenvalue weighted by Gasteiger charge is 2.51. The van der Waals surface area contributed by atoms with Gasteiger partial charge in [0.25, 0.3) is 0 Å². The number of rotatable bonds is 5. The van der Waals surface area contributed by atoms with Crippen molar-refractivity contribution in [3.63, 3.8) is 0 Å². The minimum absolute atomic E-state index is 0.153. The fourth-order valence-electron chi connectivity index (χ4n) is 5.37. The Morgan fingerprint density at radius 3 is 2.38 bits per heavy atom. The fraction of sp³-hybridized carbons (Fsp3) is 0.682. The summed E-state index contributed by atoms with van der Waals surface area (Å²) in [6.07, 6.45) is 7.66. The molecule has 1 aromatic carbocycles. The highest BCUT2D eigenvalue weighted by molar-refractivity contribution is 5.26. The molecule has 0 unspecified atom stereocenters. The molecule has 1 aliphatic heterocycles. The molecule has 0 bridgehead atoms. The van der Waals surface area contributed by atoms with Gasteiger partial charge in [0.2, 0.25) is 0 Å². The minimum atomic E-state index is 0.153. The first-order chi connectivity index (χ1) is 12.6. The van der Waals surface area contributed by atoms with Crippen LogP contribution < -0.4 is 0 Å². The normalized spacial score (nSPS) is 33.0. The largest absolute Gasteiger partial charge is 0.300 e. The van der Waals surface area contributed by atoms with Crippen LogP contribution in [0.4, 0.5) is 0 Å². The first kappa shape index (κ1) is 18.0. The second-order valence-electron chi connectivity index (χ2n) is 8.97. The molecule has 2 aliphatic carbocycles. The van der Waals surface area contributed by atoms with E-state index in [1.54, 1.807) is 0 Å². The van der Waals surface area contributed by atoms with Crippen LogP contribution in [0.15, 0.2) is 30.3 Å². The Kier molecular flexibility index (Phi) is 4.81. The van der Waals surface area contributed by atoms with Crippen molar-refractivity contribution in [3.8, 4) is 6.07 Å². The summed E-state index contributed by atoms with van der Waals surface area (Å²) in [6, 6.07) is 13.4. The van der Waals surface area contributed by atoms with E-state index in [1.807, 2.05) is 0 Å². The van der Waals surface area contributed by atoms with Gasteiger partial charge in [-0.05, 0) is 64.1 Å². The molecular formula is C22H32N4. The lowest BCUT2D eigenvalue weighted by Crippen LogP contribution is -2.55. The van der Waals surface area contributed by atoms with Gasteiger partial charge in [0, 0.05) is 24.2 Å². The number of benzene rings is 1. The molecule has 1 saturated heterocycles. The van der Waals surface area contributed by atoms with E-state index in [0.29, 0.717) is 6.54 Å². The SMILES string of the molecule is CN(C)C1(c2ccccc2)CCC2(CC1)CN(CC#N)CN2CC1CC1. The maximum Gasteiger partial charge on any atom is 0.0876 e. The van der Waals surface area contributed by atoms with Crippen LogP contribution in [0.1, 0.15) is 44.1 Å². The first-order valence-electron chi connectivity index (χ1n) is 10.2. The minimum Gasteiger partial charge on any atom is -0.300 e. The molecule has 3 aliphatic rings. The highest BCUT2D eigenvalue weighted by Crippen LogP contribution is 2.49. The predicted octanol–water partition coefficient (Wildman–Crippen LogP) is 3.26. The van der Waals surface area contributed by atoms with Crippen molar-refractivity contribution in [1.29, 1.82) is 5.26 Å². The monoisotopic (exact) mass is 352 g/mol. The lowest BCUT2D eigenvalue weighted by Gasteiger charge is -2.51. The molecular weight excluding hydrogens is 320 g/mol. The number of hydrogen-bond donors (Lipinski definition) is 0. The highest BCUT2D eigenvalue weighted by atomic mass is 15.4. The van der Waals surface area contributed by atoms with Crippen molar-refractivity contribution in [3.05, 3.63) is 35.9 Å². The van der Waals surface area contributed by atoms with Crippen molar-refractivity contribution < 1.29 is 0 Å². The molecule has 4 rings (SSSR count). The zero-order valence-electron chi connectivity index (χ0n) is 16.3. The lowest BCUT2D eigenvalue weighted by atomic mass is 9.68. The number of nitrogens with zero attached hydrogens (tertiary/aromatic N) is 4. The smallest absolute Gasteiger partial charge is 0.0876 e. The third-order valence-corrected chi connectivity index (χ3v) is 7.20. The Bertz CT molecular complexity index is 650. The standard InChI is InChI=1S/C22H32N4/c1-24(2)22(20-6-4-3-5-7-20)12-10-21(11-13-22)17-25(15-14-23)18-26(21)16-19-8-9-19/h3-7,19H,8-13,15-18H2,1-2H3. The van der Waals surface area contributed by atoms with Gasteiger partial charge in [0.05, 0.1) is 19.3 Å². The fourth-order valence-corrected chi connectivity index (χ4v) is 5.37. The lowest BCUT2D eigenvalue weighted by molar-refractivity contribution is 0.0142. The molecule has 4 heteroatoms. The summed E-state index contributed by atoms with van der Waals surface area (Å²) >= 11 is 0. The zero-order valence-corrected chi connectivity index (χ0v) is 16.3. The Morgan fingerprint density at radius 1 is 1.12 bits per heavy atom. The number of hydrogen-bond acceptors (Lipinski definition) is 4. The van der Waals surface area contributed by atoms with E-state index in [9.17, 15) is 5.26 Å². The van der Waals surface area contributed by atoms with Gasteiger partial charge in [-0.3, -0.25) is 14.7 Å². The Morgan fingerprint density at radius 2 is 1.81 bits per heavy atom. The summed E-state index contributed by atoms with van der Waals surface area (Å²) in [5.41, 5.74) is 1.90. The van der Waals surface area contributed by atoms with Gasteiger partial charge >= 0.3 is 0 Å². The van der Waals surface area contributed by atoms with Crippen molar-refractivity contribution in [2.45, 2.75) is 49.6 Å². The van der Waals surface area contributed by atoms with E-state index in [-0.39, 0.29) is 11.1 Å². The van der Waals surface area contributed by atoms with Crippen molar-refractivity contribution in [2.24, 2.45) is 5.92 Å². The summed E-state index contributed by atoms with van der Waals surface area (Å²) < 4.78 is 0. The maximum atomic E-state index is 9.18. The molecule has 2 saturated carbocycles. The quantitative estimate of drug-likeness (QED) is 0.762. The summed E-state index contributed by atoms with van der Waals surface area (Å²) in [6.45, 7) is 3.87. The average Bonchev–Trinajstić information content (AvgIpc) is 3.41. The number of nitriles is 1. The van der Waals surface area contributed by atoms with Crippen LogP contribution in [0.5, 0.6) is 0 Å². The average molecular weight is 353 g/mol. The van der Waals surface area contributed by atoms with E-state index in [4.69, 9.17) is 0 Å². The van der Waals surface area contributed by atoms with Crippen molar-refractivity contribution >= 4 is 0 Å². The maximum absolute atomic E-state index is 9.18. The molecule has 0 aromatic heterocycles. The molecule has 4 nitrogen and oxygen atoms in total. The van der Waals surface area contributed by atoms with Gasteiger partial charge in [-0.15, -0.1) is 0 Å². The van der Waals surface area contributed by atoms with Crippen LogP contribution in [0.2, 0.25) is 0 Å². The zero-order chi connectivity index (χ0) is 18.2. The van der Waals surface area contributed by atoms with Gasteiger partial charge in [0.15, 0.2) is 0 Å². The van der Waals surface area contributed by atoms with Crippen LogP contribution in [0.25, 0.3) is 0 Å². The summed E-state index contributed by atoms with van der Waals surface area (Å²) in [7, 11) is 4.48. The molecule has 3 fully saturated rings. The van der Waals surface area contributed by atoms with E-state index in [1.165, 1.54) is 50.6 Å².